The molecule has 0 aliphatic carbocycles. The number of nitrogens with zero attached hydrogens (tertiary/aromatic N) is 3. The Morgan fingerprint density at radius 3 is 2.41 bits per heavy atom. The van der Waals surface area contributed by atoms with Gasteiger partial charge < -0.3 is 10.0 Å². The molecular formula is C17H22F3N3O4. The van der Waals surface area contributed by atoms with Gasteiger partial charge in [0.2, 0.25) is 0 Å². The van der Waals surface area contributed by atoms with E-state index in [0.29, 0.717) is 38.5 Å². The van der Waals surface area contributed by atoms with Crippen molar-refractivity contribution in [2.45, 2.75) is 38.9 Å². The highest BCUT2D eigenvalue weighted by molar-refractivity contribution is 5.69. The van der Waals surface area contributed by atoms with Crippen molar-refractivity contribution in [1.29, 1.82) is 0 Å². The van der Waals surface area contributed by atoms with Gasteiger partial charge in [0, 0.05) is 25.2 Å². The molecule has 150 valence electrons. The minimum absolute atomic E-state index is 0.0250. The van der Waals surface area contributed by atoms with Gasteiger partial charge in [-0.25, -0.2) is 0 Å². The van der Waals surface area contributed by atoms with Crippen LogP contribution in [0.4, 0.5) is 24.5 Å². The Morgan fingerprint density at radius 1 is 1.37 bits per heavy atom. The standard InChI is InChI=1S/C17H22F3N3O4/c1-3-21(10-16(24)25)12-4-6-22(7-5-12)14-8-11(2)13(17(18,19)20)9-15(14)23(26)27/h8-9,12H,3-7,10H2,1-2H3,(H,24,25). The molecule has 2 rings (SSSR count). The molecule has 0 radical (unpaired) electrons. The third-order valence-corrected chi connectivity index (χ3v) is 4.89. The largest absolute Gasteiger partial charge is 0.480 e. The average molecular weight is 389 g/mol. The molecule has 27 heavy (non-hydrogen) atoms. The maximum atomic E-state index is 13.1. The van der Waals surface area contributed by atoms with Gasteiger partial charge in [0.1, 0.15) is 5.69 Å². The lowest BCUT2D eigenvalue weighted by Gasteiger charge is -2.38. The molecule has 0 aromatic heterocycles. The summed E-state index contributed by atoms with van der Waals surface area (Å²) in [6.45, 7) is 4.45. The number of alkyl halides is 3. The molecule has 10 heteroatoms. The molecule has 1 aliphatic rings. The smallest absolute Gasteiger partial charge is 0.416 e. The number of aryl methyl sites for hydroxylation is 1. The first-order valence-electron chi connectivity index (χ1n) is 8.61. The molecule has 0 bridgehead atoms. The number of hydrogen-bond acceptors (Lipinski definition) is 5. The zero-order valence-corrected chi connectivity index (χ0v) is 15.1. The monoisotopic (exact) mass is 389 g/mol. The van der Waals surface area contributed by atoms with Crippen LogP contribution in [0.2, 0.25) is 0 Å². The predicted molar refractivity (Wildman–Crippen MR) is 93.0 cm³/mol. The van der Waals surface area contributed by atoms with Crippen LogP contribution in [0.25, 0.3) is 0 Å². The molecule has 1 saturated heterocycles. The fourth-order valence-electron chi connectivity index (χ4n) is 3.53. The minimum atomic E-state index is -4.65. The summed E-state index contributed by atoms with van der Waals surface area (Å²) in [5.74, 6) is -0.923. The summed E-state index contributed by atoms with van der Waals surface area (Å²) in [5, 5.41) is 20.3. The van der Waals surface area contributed by atoms with E-state index in [9.17, 15) is 28.1 Å². The number of piperidine rings is 1. The highest BCUT2D eigenvalue weighted by Crippen LogP contribution is 2.39. The Morgan fingerprint density at radius 2 is 1.96 bits per heavy atom. The lowest BCUT2D eigenvalue weighted by Crippen LogP contribution is -2.46. The molecule has 0 atom stereocenters. The number of aliphatic carboxylic acids is 1. The van der Waals surface area contributed by atoms with Gasteiger partial charge in [0.05, 0.1) is 17.0 Å². The second-order valence-electron chi connectivity index (χ2n) is 6.59. The fourth-order valence-corrected chi connectivity index (χ4v) is 3.53. The van der Waals surface area contributed by atoms with Crippen LogP contribution in [0.5, 0.6) is 0 Å². The van der Waals surface area contributed by atoms with Gasteiger partial charge in [-0.05, 0) is 37.9 Å². The van der Waals surface area contributed by atoms with Crippen molar-refractivity contribution in [3.63, 3.8) is 0 Å². The van der Waals surface area contributed by atoms with Gasteiger partial charge in [-0.1, -0.05) is 6.92 Å². The van der Waals surface area contributed by atoms with Crippen LogP contribution in [-0.2, 0) is 11.0 Å². The van der Waals surface area contributed by atoms with Crippen LogP contribution < -0.4 is 4.90 Å². The van der Waals surface area contributed by atoms with Crippen molar-refractivity contribution >= 4 is 17.3 Å². The van der Waals surface area contributed by atoms with Crippen LogP contribution in [0.3, 0.4) is 0 Å². The molecule has 0 amide bonds. The van der Waals surface area contributed by atoms with Crippen LogP contribution in [0.15, 0.2) is 12.1 Å². The summed E-state index contributed by atoms with van der Waals surface area (Å²) < 4.78 is 39.2. The number of anilines is 1. The van der Waals surface area contributed by atoms with E-state index < -0.39 is 28.3 Å². The maximum absolute atomic E-state index is 13.1. The van der Waals surface area contributed by atoms with E-state index in [1.807, 2.05) is 11.8 Å². The highest BCUT2D eigenvalue weighted by atomic mass is 19.4. The molecule has 1 heterocycles. The normalized spacial score (nSPS) is 16.0. The average Bonchev–Trinajstić information content (AvgIpc) is 2.58. The van der Waals surface area contributed by atoms with Crippen molar-refractivity contribution in [3.8, 4) is 0 Å². The third kappa shape index (κ3) is 4.88. The molecule has 0 saturated carbocycles. The number of halogens is 3. The topological polar surface area (TPSA) is 86.9 Å². The molecule has 1 N–H and O–H groups in total. The van der Waals surface area contributed by atoms with Crippen molar-refractivity contribution in [3.05, 3.63) is 33.4 Å². The van der Waals surface area contributed by atoms with Crippen LogP contribution in [-0.4, -0.2) is 53.1 Å². The van der Waals surface area contributed by atoms with Gasteiger partial charge in [-0.3, -0.25) is 19.8 Å². The molecule has 1 aromatic carbocycles. The van der Waals surface area contributed by atoms with Crippen LogP contribution in [0, 0.1) is 17.0 Å². The second kappa shape index (κ2) is 8.12. The zero-order chi connectivity index (χ0) is 20.4. The van der Waals surface area contributed by atoms with Gasteiger partial charge in [0.25, 0.3) is 5.69 Å². The Labute approximate surface area is 154 Å². The molecule has 7 nitrogen and oxygen atoms in total. The number of rotatable bonds is 6. The summed E-state index contributed by atoms with van der Waals surface area (Å²) in [6, 6.07) is 1.84. The predicted octanol–water partition coefficient (Wildman–Crippen LogP) is 3.30. The number of nitro benzene ring substituents is 1. The van der Waals surface area contributed by atoms with E-state index in [-0.39, 0.29) is 23.8 Å². The molecule has 1 fully saturated rings. The minimum Gasteiger partial charge on any atom is -0.480 e. The van der Waals surface area contributed by atoms with E-state index in [0.717, 1.165) is 0 Å². The van der Waals surface area contributed by atoms with Crippen molar-refractivity contribution in [2.75, 3.05) is 31.1 Å². The first kappa shape index (κ1) is 20.9. The first-order chi connectivity index (χ1) is 12.5. The highest BCUT2D eigenvalue weighted by Gasteiger charge is 2.36. The van der Waals surface area contributed by atoms with E-state index >= 15 is 0 Å². The Hall–Kier alpha value is -2.36. The SMILES string of the molecule is CCN(CC(=O)O)C1CCN(c2cc(C)c(C(F)(F)F)cc2[N+](=O)[O-])CC1. The van der Waals surface area contributed by atoms with Crippen molar-refractivity contribution in [2.24, 2.45) is 0 Å². The lowest BCUT2D eigenvalue weighted by molar-refractivity contribution is -0.384. The summed E-state index contributed by atoms with van der Waals surface area (Å²) in [5.41, 5.74) is -1.47. The van der Waals surface area contributed by atoms with Gasteiger partial charge in [-0.15, -0.1) is 0 Å². The Bertz CT molecular complexity index is 716. The number of hydrogen-bond donors (Lipinski definition) is 1. The molecule has 0 spiro atoms. The van der Waals surface area contributed by atoms with E-state index in [1.54, 1.807) is 4.90 Å². The van der Waals surface area contributed by atoms with Crippen LogP contribution >= 0.6 is 0 Å². The second-order valence-corrected chi connectivity index (χ2v) is 6.59. The van der Waals surface area contributed by atoms with Gasteiger partial charge in [-0.2, -0.15) is 13.2 Å². The summed E-state index contributed by atoms with van der Waals surface area (Å²) in [4.78, 5) is 25.0. The van der Waals surface area contributed by atoms with E-state index in [4.69, 9.17) is 5.11 Å². The fraction of sp³-hybridized carbons (Fsp3) is 0.588. The zero-order valence-electron chi connectivity index (χ0n) is 15.1. The van der Waals surface area contributed by atoms with Crippen molar-refractivity contribution < 1.29 is 28.0 Å². The number of benzene rings is 1. The quantitative estimate of drug-likeness (QED) is 0.593. The van der Waals surface area contributed by atoms with Gasteiger partial charge in [0.15, 0.2) is 0 Å². The van der Waals surface area contributed by atoms with Gasteiger partial charge >= 0.3 is 12.1 Å². The first-order valence-corrected chi connectivity index (χ1v) is 8.61. The molecular weight excluding hydrogens is 367 g/mol. The number of carboxylic acids is 1. The van der Waals surface area contributed by atoms with E-state index in [1.165, 1.54) is 13.0 Å². The number of carbonyl (C=O) groups is 1. The molecule has 1 aromatic rings. The Balaban J connectivity index is 2.23. The summed E-state index contributed by atoms with van der Waals surface area (Å²) >= 11 is 0. The van der Waals surface area contributed by atoms with Crippen molar-refractivity contribution in [1.82, 2.24) is 4.90 Å². The van der Waals surface area contributed by atoms with Crippen LogP contribution in [0.1, 0.15) is 30.9 Å². The summed E-state index contributed by atoms with van der Waals surface area (Å²) in [7, 11) is 0. The lowest BCUT2D eigenvalue weighted by atomic mass is 10.00. The number of carboxylic acid groups (broad SMARTS) is 1. The maximum Gasteiger partial charge on any atom is 0.416 e. The molecule has 1 aliphatic heterocycles. The number of nitro groups is 1. The van der Waals surface area contributed by atoms with E-state index in [2.05, 4.69) is 0 Å². The number of likely N-dealkylation sites (N-methyl/N-ethyl adjacent to an activating group) is 1. The molecule has 0 unspecified atom stereocenters. The third-order valence-electron chi connectivity index (χ3n) is 4.89. The Kier molecular flexibility index (Phi) is 6.30. The summed E-state index contributed by atoms with van der Waals surface area (Å²) in [6.07, 6.45) is -3.49.